The zero-order chi connectivity index (χ0) is 17.4. The van der Waals surface area contributed by atoms with E-state index in [0.29, 0.717) is 18.1 Å². The van der Waals surface area contributed by atoms with Gasteiger partial charge in [0.05, 0.1) is 0 Å². The summed E-state index contributed by atoms with van der Waals surface area (Å²) in [7, 11) is 0. The third-order valence-corrected chi connectivity index (χ3v) is 6.22. The van der Waals surface area contributed by atoms with Crippen molar-refractivity contribution < 1.29 is 4.79 Å². The Bertz CT molecular complexity index is 783. The second-order valence-corrected chi connectivity index (χ2v) is 7.67. The molecule has 1 aliphatic carbocycles. The van der Waals surface area contributed by atoms with E-state index in [9.17, 15) is 4.79 Å². The quantitative estimate of drug-likeness (QED) is 0.861. The fraction of sp³-hybridized carbons (Fsp3) is 0.684. The monoisotopic (exact) mass is 341 g/mol. The normalized spacial score (nSPS) is 23.7. The highest BCUT2D eigenvalue weighted by Gasteiger charge is 2.32. The number of hydrogen-bond donors (Lipinski definition) is 0. The van der Waals surface area contributed by atoms with Gasteiger partial charge in [-0.1, -0.05) is 19.3 Å². The van der Waals surface area contributed by atoms with Crippen LogP contribution in [0.15, 0.2) is 6.33 Å². The van der Waals surface area contributed by atoms with Gasteiger partial charge in [-0.3, -0.25) is 4.79 Å². The maximum Gasteiger partial charge on any atom is 0.252 e. The molecular formula is C19H27N5O. The SMILES string of the molecule is Cc1nc2ncnn2c(C)c1CCC(=O)N1CC[C@H]2CCCC[C@H]2C1. The van der Waals surface area contributed by atoms with Gasteiger partial charge in [-0.2, -0.15) is 10.1 Å². The molecule has 6 heteroatoms. The van der Waals surface area contributed by atoms with Crippen molar-refractivity contribution in [2.24, 2.45) is 11.8 Å². The van der Waals surface area contributed by atoms with Crippen LogP contribution in [-0.4, -0.2) is 43.5 Å². The van der Waals surface area contributed by atoms with E-state index in [0.717, 1.165) is 48.3 Å². The lowest BCUT2D eigenvalue weighted by molar-refractivity contribution is -0.134. The van der Waals surface area contributed by atoms with Gasteiger partial charge in [0.25, 0.3) is 5.78 Å². The van der Waals surface area contributed by atoms with Crippen LogP contribution >= 0.6 is 0 Å². The lowest BCUT2D eigenvalue weighted by atomic mass is 9.75. The minimum atomic E-state index is 0.293. The Hall–Kier alpha value is -1.98. The summed E-state index contributed by atoms with van der Waals surface area (Å²) in [6.45, 7) is 5.94. The Balaban J connectivity index is 1.42. The first-order chi connectivity index (χ1) is 12.1. The summed E-state index contributed by atoms with van der Waals surface area (Å²) >= 11 is 0. The molecule has 6 nitrogen and oxygen atoms in total. The average Bonchev–Trinajstić information content (AvgIpc) is 3.09. The van der Waals surface area contributed by atoms with Crippen LogP contribution in [0.4, 0.5) is 0 Å². The van der Waals surface area contributed by atoms with Gasteiger partial charge < -0.3 is 4.90 Å². The number of piperidine rings is 1. The lowest BCUT2D eigenvalue weighted by Gasteiger charge is -2.41. The molecule has 2 aromatic rings. The third-order valence-electron chi connectivity index (χ3n) is 6.22. The smallest absolute Gasteiger partial charge is 0.252 e. The van der Waals surface area contributed by atoms with Crippen molar-refractivity contribution >= 4 is 11.7 Å². The van der Waals surface area contributed by atoms with Gasteiger partial charge in [0.1, 0.15) is 6.33 Å². The van der Waals surface area contributed by atoms with E-state index in [1.54, 1.807) is 4.52 Å². The van der Waals surface area contributed by atoms with Crippen LogP contribution in [0.1, 0.15) is 55.5 Å². The van der Waals surface area contributed by atoms with Crippen molar-refractivity contribution in [3.63, 3.8) is 0 Å². The van der Waals surface area contributed by atoms with Crippen molar-refractivity contribution in [3.8, 4) is 0 Å². The molecule has 1 saturated carbocycles. The molecule has 134 valence electrons. The third kappa shape index (κ3) is 3.14. The summed E-state index contributed by atoms with van der Waals surface area (Å²) in [5, 5.41) is 4.23. The number of carbonyl (C=O) groups excluding carboxylic acids is 1. The highest BCUT2D eigenvalue weighted by Crippen LogP contribution is 2.36. The number of fused-ring (bicyclic) bond motifs is 2. The molecule has 3 heterocycles. The zero-order valence-electron chi connectivity index (χ0n) is 15.2. The molecule has 1 aliphatic heterocycles. The van der Waals surface area contributed by atoms with Gasteiger partial charge in [0.2, 0.25) is 5.91 Å². The van der Waals surface area contributed by atoms with Crippen LogP contribution in [0.25, 0.3) is 5.78 Å². The molecule has 2 aromatic heterocycles. The molecule has 0 spiro atoms. The summed E-state index contributed by atoms with van der Waals surface area (Å²) in [5.74, 6) is 2.52. The number of rotatable bonds is 3. The van der Waals surface area contributed by atoms with E-state index in [-0.39, 0.29) is 0 Å². The summed E-state index contributed by atoms with van der Waals surface area (Å²) in [6.07, 6.45) is 9.40. The van der Waals surface area contributed by atoms with E-state index in [1.807, 2.05) is 13.8 Å². The predicted octanol–water partition coefficient (Wildman–Crippen LogP) is 2.71. The number of aryl methyl sites for hydroxylation is 2. The van der Waals surface area contributed by atoms with Crippen LogP contribution in [-0.2, 0) is 11.2 Å². The first-order valence-electron chi connectivity index (χ1n) is 9.57. The molecule has 2 atom stereocenters. The Morgan fingerprint density at radius 3 is 2.84 bits per heavy atom. The van der Waals surface area contributed by atoms with Gasteiger partial charge in [-0.15, -0.1) is 0 Å². The van der Waals surface area contributed by atoms with Gasteiger partial charge >= 0.3 is 0 Å². The highest BCUT2D eigenvalue weighted by molar-refractivity contribution is 5.76. The Kier molecular flexibility index (Phi) is 4.44. The molecular weight excluding hydrogens is 314 g/mol. The van der Waals surface area contributed by atoms with Crippen molar-refractivity contribution in [2.45, 2.75) is 58.8 Å². The molecule has 0 N–H and O–H groups in total. The average molecular weight is 341 g/mol. The van der Waals surface area contributed by atoms with Crippen LogP contribution in [0.5, 0.6) is 0 Å². The van der Waals surface area contributed by atoms with E-state index in [4.69, 9.17) is 0 Å². The molecule has 1 amide bonds. The maximum absolute atomic E-state index is 12.8. The van der Waals surface area contributed by atoms with Gasteiger partial charge in [-0.05, 0) is 50.5 Å². The standard InChI is InChI=1S/C19H27N5O/c1-13-17(14(2)24-19(22-13)20-12-21-24)7-8-18(25)23-10-9-15-5-3-4-6-16(15)11-23/h12,15-16H,3-11H2,1-2H3/t15-,16+/m1/s1. The molecule has 2 aliphatic rings. The van der Waals surface area contributed by atoms with Crippen LogP contribution in [0.3, 0.4) is 0 Å². The number of likely N-dealkylation sites (tertiary alicyclic amines) is 1. The van der Waals surface area contributed by atoms with E-state index in [1.165, 1.54) is 38.4 Å². The van der Waals surface area contributed by atoms with Crippen molar-refractivity contribution in [3.05, 3.63) is 23.3 Å². The lowest BCUT2D eigenvalue weighted by Crippen LogP contribution is -2.44. The molecule has 0 aromatic carbocycles. The van der Waals surface area contributed by atoms with Crippen LogP contribution in [0, 0.1) is 25.7 Å². The number of aromatic nitrogens is 4. The highest BCUT2D eigenvalue weighted by atomic mass is 16.2. The Morgan fingerprint density at radius 1 is 1.20 bits per heavy atom. The number of amides is 1. The van der Waals surface area contributed by atoms with Crippen molar-refractivity contribution in [2.75, 3.05) is 13.1 Å². The molecule has 0 unspecified atom stereocenters. The topological polar surface area (TPSA) is 63.4 Å². The molecule has 1 saturated heterocycles. The van der Waals surface area contributed by atoms with Gasteiger partial charge in [-0.25, -0.2) is 9.50 Å². The first kappa shape index (κ1) is 16.5. The molecule has 0 bridgehead atoms. The molecule has 25 heavy (non-hydrogen) atoms. The number of hydrogen-bond acceptors (Lipinski definition) is 4. The van der Waals surface area contributed by atoms with Crippen molar-refractivity contribution in [1.82, 2.24) is 24.5 Å². The Labute approximate surface area is 148 Å². The molecule has 2 fully saturated rings. The summed E-state index contributed by atoms with van der Waals surface area (Å²) < 4.78 is 1.76. The zero-order valence-corrected chi connectivity index (χ0v) is 15.2. The summed E-state index contributed by atoms with van der Waals surface area (Å²) in [4.78, 5) is 23.5. The fourth-order valence-corrected chi connectivity index (χ4v) is 4.73. The van der Waals surface area contributed by atoms with Gasteiger partial charge in [0, 0.05) is 30.9 Å². The van der Waals surface area contributed by atoms with E-state index in [2.05, 4.69) is 20.0 Å². The maximum atomic E-state index is 12.8. The fourth-order valence-electron chi connectivity index (χ4n) is 4.73. The number of nitrogens with zero attached hydrogens (tertiary/aromatic N) is 5. The van der Waals surface area contributed by atoms with Gasteiger partial charge in [0.15, 0.2) is 0 Å². The minimum Gasteiger partial charge on any atom is -0.342 e. The van der Waals surface area contributed by atoms with E-state index >= 15 is 0 Å². The second-order valence-electron chi connectivity index (χ2n) is 7.67. The largest absolute Gasteiger partial charge is 0.342 e. The summed E-state index contributed by atoms with van der Waals surface area (Å²) in [5.41, 5.74) is 3.12. The molecule has 4 rings (SSSR count). The summed E-state index contributed by atoms with van der Waals surface area (Å²) in [6, 6.07) is 0. The second kappa shape index (κ2) is 6.73. The first-order valence-corrected chi connectivity index (χ1v) is 9.57. The Morgan fingerprint density at radius 2 is 2.00 bits per heavy atom. The minimum absolute atomic E-state index is 0.293. The van der Waals surface area contributed by atoms with Crippen LogP contribution in [0.2, 0.25) is 0 Å². The predicted molar refractivity (Wildman–Crippen MR) is 95.2 cm³/mol. The molecule has 0 radical (unpaired) electrons. The van der Waals surface area contributed by atoms with Crippen molar-refractivity contribution in [1.29, 1.82) is 0 Å². The van der Waals surface area contributed by atoms with Crippen LogP contribution < -0.4 is 0 Å². The number of carbonyl (C=O) groups is 1. The van der Waals surface area contributed by atoms with E-state index < -0.39 is 0 Å².